The largest absolute Gasteiger partial charge is 0.352 e. The van der Waals surface area contributed by atoms with Crippen molar-refractivity contribution in [1.82, 2.24) is 5.32 Å². The number of sulfonamides is 1. The lowest BCUT2D eigenvalue weighted by atomic mass is 9.99. The topological polar surface area (TPSA) is 75.3 Å². The van der Waals surface area contributed by atoms with Gasteiger partial charge in [0.15, 0.2) is 0 Å². The molecule has 0 unspecified atom stereocenters. The second kappa shape index (κ2) is 9.73. The minimum absolute atomic E-state index is 0.132. The highest BCUT2D eigenvalue weighted by Gasteiger charge is 2.15. The first-order valence-corrected chi connectivity index (χ1v) is 11.3. The second-order valence-electron chi connectivity index (χ2n) is 6.24. The molecule has 1 heterocycles. The minimum atomic E-state index is -3.57. The maximum absolute atomic E-state index is 12.3. The Kier molecular flexibility index (Phi) is 7.66. The van der Waals surface area contributed by atoms with Crippen molar-refractivity contribution in [1.29, 1.82) is 0 Å². The Balaban J connectivity index is 1.93. The van der Waals surface area contributed by atoms with Crippen LogP contribution >= 0.6 is 11.3 Å². The van der Waals surface area contributed by atoms with E-state index in [1.54, 1.807) is 41.8 Å². The molecule has 26 heavy (non-hydrogen) atoms. The van der Waals surface area contributed by atoms with E-state index in [0.717, 1.165) is 30.6 Å². The Labute approximate surface area is 159 Å². The number of thiophene rings is 1. The Morgan fingerprint density at radius 2 is 1.88 bits per heavy atom. The second-order valence-corrected chi connectivity index (χ2v) is 9.10. The molecule has 7 heteroatoms. The molecule has 5 nitrogen and oxygen atoms in total. The highest BCUT2D eigenvalue weighted by Crippen LogP contribution is 2.20. The smallest absolute Gasteiger partial charge is 0.271 e. The van der Waals surface area contributed by atoms with Gasteiger partial charge >= 0.3 is 0 Å². The van der Waals surface area contributed by atoms with E-state index < -0.39 is 10.0 Å². The SMILES string of the molecule is CCCC[C@@H](CC)CNC(=O)c1ccc(NS(=O)(=O)c2cccs2)cc1. The average molecular weight is 395 g/mol. The number of nitrogens with one attached hydrogen (secondary N) is 2. The van der Waals surface area contributed by atoms with Crippen LogP contribution in [-0.2, 0) is 10.0 Å². The van der Waals surface area contributed by atoms with Gasteiger partial charge in [-0.1, -0.05) is 39.2 Å². The third-order valence-electron chi connectivity index (χ3n) is 4.25. The predicted molar refractivity (Wildman–Crippen MR) is 107 cm³/mol. The van der Waals surface area contributed by atoms with Crippen LogP contribution in [0.5, 0.6) is 0 Å². The van der Waals surface area contributed by atoms with E-state index in [0.29, 0.717) is 23.7 Å². The van der Waals surface area contributed by atoms with Gasteiger partial charge in [-0.3, -0.25) is 9.52 Å². The third-order valence-corrected chi connectivity index (χ3v) is 7.03. The summed E-state index contributed by atoms with van der Waals surface area (Å²) in [5, 5.41) is 4.69. The molecule has 0 saturated carbocycles. The van der Waals surface area contributed by atoms with Crippen molar-refractivity contribution in [3.63, 3.8) is 0 Å². The van der Waals surface area contributed by atoms with E-state index in [-0.39, 0.29) is 10.1 Å². The molecule has 0 radical (unpaired) electrons. The predicted octanol–water partition coefficient (Wildman–Crippen LogP) is 4.50. The summed E-state index contributed by atoms with van der Waals surface area (Å²) in [6, 6.07) is 9.72. The van der Waals surface area contributed by atoms with Crippen molar-refractivity contribution in [2.45, 2.75) is 43.7 Å². The Morgan fingerprint density at radius 1 is 1.15 bits per heavy atom. The zero-order valence-electron chi connectivity index (χ0n) is 15.2. The fraction of sp³-hybridized carbons (Fsp3) is 0.421. The average Bonchev–Trinajstić information content (AvgIpc) is 3.18. The van der Waals surface area contributed by atoms with Crippen molar-refractivity contribution < 1.29 is 13.2 Å². The first-order chi connectivity index (χ1) is 12.5. The van der Waals surface area contributed by atoms with Gasteiger partial charge in [0, 0.05) is 17.8 Å². The summed E-state index contributed by atoms with van der Waals surface area (Å²) in [6.45, 7) is 4.97. The molecular formula is C19H26N2O3S2. The highest BCUT2D eigenvalue weighted by molar-refractivity contribution is 7.94. The molecule has 0 aliphatic rings. The zero-order chi connectivity index (χ0) is 19.0. The lowest BCUT2D eigenvalue weighted by Crippen LogP contribution is -2.29. The normalized spacial score (nSPS) is 12.5. The Bertz CT molecular complexity index is 785. The first kappa shape index (κ1) is 20.5. The van der Waals surface area contributed by atoms with Crippen molar-refractivity contribution in [3.05, 3.63) is 47.3 Å². The van der Waals surface area contributed by atoms with Gasteiger partial charge in [0.25, 0.3) is 15.9 Å². The molecular weight excluding hydrogens is 368 g/mol. The summed E-state index contributed by atoms with van der Waals surface area (Å²) in [4.78, 5) is 12.3. The number of anilines is 1. The van der Waals surface area contributed by atoms with E-state index >= 15 is 0 Å². The van der Waals surface area contributed by atoms with Gasteiger partial charge in [-0.15, -0.1) is 11.3 Å². The van der Waals surface area contributed by atoms with Crippen molar-refractivity contribution in [2.24, 2.45) is 5.92 Å². The van der Waals surface area contributed by atoms with Gasteiger partial charge in [-0.2, -0.15) is 0 Å². The standard InChI is InChI=1S/C19H26N2O3S2/c1-3-5-7-15(4-2)14-20-19(22)16-9-11-17(12-10-16)21-26(23,24)18-8-6-13-25-18/h6,8-13,15,21H,3-5,7,14H2,1-2H3,(H,20,22)/t15-/m1/s1. The molecule has 0 fully saturated rings. The Hall–Kier alpha value is -1.86. The van der Waals surface area contributed by atoms with Gasteiger partial charge in [0.1, 0.15) is 4.21 Å². The molecule has 0 aliphatic carbocycles. The molecule has 2 N–H and O–H groups in total. The van der Waals surface area contributed by atoms with E-state index in [4.69, 9.17) is 0 Å². The van der Waals surface area contributed by atoms with Crippen LogP contribution < -0.4 is 10.0 Å². The number of hydrogen-bond donors (Lipinski definition) is 2. The van der Waals surface area contributed by atoms with Gasteiger partial charge in [0.2, 0.25) is 0 Å². The quantitative estimate of drug-likeness (QED) is 0.623. The number of unbranched alkanes of at least 4 members (excludes halogenated alkanes) is 1. The summed E-state index contributed by atoms with van der Waals surface area (Å²) in [5.41, 5.74) is 0.957. The van der Waals surface area contributed by atoms with Crippen LogP contribution in [0.1, 0.15) is 49.9 Å². The molecule has 1 aromatic heterocycles. The van der Waals surface area contributed by atoms with E-state index in [9.17, 15) is 13.2 Å². The van der Waals surface area contributed by atoms with E-state index in [1.807, 2.05) is 0 Å². The van der Waals surface area contributed by atoms with Crippen molar-refractivity contribution in [3.8, 4) is 0 Å². The van der Waals surface area contributed by atoms with Gasteiger partial charge in [-0.25, -0.2) is 8.42 Å². The summed E-state index contributed by atoms with van der Waals surface area (Å²) < 4.78 is 27.2. The molecule has 0 spiro atoms. The van der Waals surface area contributed by atoms with Crippen LogP contribution in [0.2, 0.25) is 0 Å². The summed E-state index contributed by atoms with van der Waals surface area (Å²) in [6.07, 6.45) is 4.50. The van der Waals surface area contributed by atoms with Crippen molar-refractivity contribution in [2.75, 3.05) is 11.3 Å². The maximum atomic E-state index is 12.3. The van der Waals surface area contributed by atoms with Crippen LogP contribution in [0.3, 0.4) is 0 Å². The molecule has 1 amide bonds. The molecule has 2 rings (SSSR count). The maximum Gasteiger partial charge on any atom is 0.271 e. The number of carbonyl (C=O) groups excluding carboxylic acids is 1. The van der Waals surface area contributed by atoms with Gasteiger partial charge < -0.3 is 5.32 Å². The number of carbonyl (C=O) groups is 1. The third kappa shape index (κ3) is 5.85. The number of rotatable bonds is 10. The van der Waals surface area contributed by atoms with Gasteiger partial charge in [-0.05, 0) is 48.1 Å². The molecule has 142 valence electrons. The van der Waals surface area contributed by atoms with Crippen LogP contribution in [0, 0.1) is 5.92 Å². The van der Waals surface area contributed by atoms with Crippen LogP contribution in [0.15, 0.2) is 46.0 Å². The van der Waals surface area contributed by atoms with Crippen molar-refractivity contribution >= 4 is 33.0 Å². The van der Waals surface area contributed by atoms with Crippen LogP contribution in [0.4, 0.5) is 5.69 Å². The molecule has 0 aliphatic heterocycles. The fourth-order valence-corrected chi connectivity index (χ4v) is 4.65. The fourth-order valence-electron chi connectivity index (χ4n) is 2.59. The number of hydrogen-bond acceptors (Lipinski definition) is 4. The summed E-state index contributed by atoms with van der Waals surface area (Å²) in [7, 11) is -3.57. The van der Waals surface area contributed by atoms with Crippen LogP contribution in [-0.4, -0.2) is 20.9 Å². The highest BCUT2D eigenvalue weighted by atomic mass is 32.2. The first-order valence-electron chi connectivity index (χ1n) is 8.90. The molecule has 0 bridgehead atoms. The molecule has 1 aromatic carbocycles. The lowest BCUT2D eigenvalue weighted by molar-refractivity contribution is 0.0946. The van der Waals surface area contributed by atoms with Crippen LogP contribution in [0.25, 0.3) is 0 Å². The van der Waals surface area contributed by atoms with E-state index in [2.05, 4.69) is 23.9 Å². The zero-order valence-corrected chi connectivity index (χ0v) is 16.8. The Morgan fingerprint density at radius 3 is 2.46 bits per heavy atom. The minimum Gasteiger partial charge on any atom is -0.352 e. The molecule has 1 atom stereocenters. The number of amides is 1. The summed E-state index contributed by atoms with van der Waals surface area (Å²) >= 11 is 1.16. The summed E-state index contributed by atoms with van der Waals surface area (Å²) in [5.74, 6) is 0.364. The molecule has 2 aromatic rings. The van der Waals surface area contributed by atoms with E-state index in [1.165, 1.54) is 6.42 Å². The molecule has 0 saturated heterocycles. The number of benzene rings is 1. The lowest BCUT2D eigenvalue weighted by Gasteiger charge is -2.15. The monoisotopic (exact) mass is 394 g/mol. The van der Waals surface area contributed by atoms with Gasteiger partial charge in [0.05, 0.1) is 0 Å².